The third kappa shape index (κ3) is 2.44. The molecule has 0 bridgehead atoms. The second kappa shape index (κ2) is 3.29. The maximum absolute atomic E-state index is 10.4. The molecule has 8 heavy (non-hydrogen) atoms. The Labute approximate surface area is 53.0 Å². The minimum atomic E-state index is -0.375. The van der Waals surface area contributed by atoms with Crippen molar-refractivity contribution >= 4 is 23.4 Å². The summed E-state index contributed by atoms with van der Waals surface area (Å²) < 4.78 is 0. The van der Waals surface area contributed by atoms with Gasteiger partial charge in [0, 0.05) is 14.1 Å². The third-order valence-electron chi connectivity index (χ3n) is 0.524. The van der Waals surface area contributed by atoms with E-state index in [4.69, 9.17) is 0 Å². The highest BCUT2D eigenvalue weighted by molar-refractivity contribution is 7.78. The number of aliphatic imine (C=N–C) groups is 1. The number of hydrogen-bond acceptors (Lipinski definition) is 2. The molecule has 0 radical (unpaired) electrons. The number of carbonyl (C=O) groups is 1. The van der Waals surface area contributed by atoms with E-state index in [-0.39, 0.29) is 6.03 Å². The summed E-state index contributed by atoms with van der Waals surface area (Å²) in [4.78, 5) is 14.9. The van der Waals surface area contributed by atoms with Crippen LogP contribution in [0, 0.1) is 0 Å². The standard InChI is InChI=1S/C4H6N2OS/c1-6(2)4(7)5-3-8/h1-2H3. The second-order valence-electron chi connectivity index (χ2n) is 1.38. The highest BCUT2D eigenvalue weighted by Crippen LogP contribution is 1.79. The van der Waals surface area contributed by atoms with Crippen molar-refractivity contribution in [3.8, 4) is 0 Å². The molecule has 0 aliphatic carbocycles. The maximum Gasteiger partial charge on any atom is 0.351 e. The van der Waals surface area contributed by atoms with E-state index >= 15 is 0 Å². The lowest BCUT2D eigenvalue weighted by molar-refractivity contribution is 0.227. The quantitative estimate of drug-likeness (QED) is 0.358. The monoisotopic (exact) mass is 130 g/mol. The molecule has 0 fully saturated rings. The van der Waals surface area contributed by atoms with E-state index in [1.807, 2.05) is 5.16 Å². The first-order valence-electron chi connectivity index (χ1n) is 1.97. The zero-order valence-electron chi connectivity index (χ0n) is 4.71. The Balaban J connectivity index is 3.84. The molecular formula is C4H6N2OS. The Morgan fingerprint density at radius 1 is 1.75 bits per heavy atom. The normalized spacial score (nSPS) is 7.25. The first kappa shape index (κ1) is 7.27. The molecule has 2 amide bonds. The van der Waals surface area contributed by atoms with Crippen molar-refractivity contribution in [1.82, 2.24) is 4.90 Å². The molecule has 0 unspecified atom stereocenters. The van der Waals surface area contributed by atoms with Gasteiger partial charge in [-0.05, 0) is 12.2 Å². The van der Waals surface area contributed by atoms with Gasteiger partial charge in [0.1, 0.15) is 0 Å². The Morgan fingerprint density at radius 2 is 2.25 bits per heavy atom. The Morgan fingerprint density at radius 3 is 2.38 bits per heavy atom. The number of urea groups is 1. The van der Waals surface area contributed by atoms with Crippen LogP contribution in [0.5, 0.6) is 0 Å². The summed E-state index contributed by atoms with van der Waals surface area (Å²) in [5.74, 6) is 0. The molecule has 3 nitrogen and oxygen atoms in total. The molecule has 0 aromatic heterocycles. The van der Waals surface area contributed by atoms with E-state index in [9.17, 15) is 4.79 Å². The summed E-state index contributed by atoms with van der Waals surface area (Å²) in [6.45, 7) is 0. The van der Waals surface area contributed by atoms with Crippen molar-refractivity contribution in [3.05, 3.63) is 0 Å². The average molecular weight is 130 g/mol. The summed E-state index contributed by atoms with van der Waals surface area (Å²) >= 11 is 4.18. The van der Waals surface area contributed by atoms with Gasteiger partial charge in [-0.2, -0.15) is 0 Å². The topological polar surface area (TPSA) is 32.7 Å². The van der Waals surface area contributed by atoms with Crippen LogP contribution in [0.3, 0.4) is 0 Å². The Bertz CT molecular complexity index is 137. The van der Waals surface area contributed by atoms with Crippen LogP contribution < -0.4 is 0 Å². The van der Waals surface area contributed by atoms with E-state index in [0.29, 0.717) is 0 Å². The van der Waals surface area contributed by atoms with Crippen molar-refractivity contribution < 1.29 is 4.79 Å². The van der Waals surface area contributed by atoms with Gasteiger partial charge < -0.3 is 4.90 Å². The Kier molecular flexibility index (Phi) is 2.99. The molecule has 0 aliphatic rings. The van der Waals surface area contributed by atoms with Gasteiger partial charge in [-0.1, -0.05) is 0 Å². The fourth-order valence-corrected chi connectivity index (χ4v) is 0.217. The lowest BCUT2D eigenvalue weighted by atomic mass is 10.9. The van der Waals surface area contributed by atoms with Gasteiger partial charge in [-0.15, -0.1) is 4.99 Å². The second-order valence-corrected chi connectivity index (χ2v) is 1.56. The van der Waals surface area contributed by atoms with Crippen LogP contribution in [0.25, 0.3) is 0 Å². The molecule has 0 aliphatic heterocycles. The predicted molar refractivity (Wildman–Crippen MR) is 34.1 cm³/mol. The SMILES string of the molecule is CN(C)C(=O)N=C=S. The molecule has 0 saturated carbocycles. The zero-order chi connectivity index (χ0) is 6.57. The fourth-order valence-electron chi connectivity index (χ4n) is 0.139. The van der Waals surface area contributed by atoms with Crippen LogP contribution in [0.4, 0.5) is 4.79 Å². The van der Waals surface area contributed by atoms with Gasteiger partial charge in [-0.25, -0.2) is 4.79 Å². The van der Waals surface area contributed by atoms with E-state index in [0.717, 1.165) is 0 Å². The van der Waals surface area contributed by atoms with Crippen LogP contribution in [0.15, 0.2) is 4.99 Å². The minimum absolute atomic E-state index is 0.375. The van der Waals surface area contributed by atoms with Gasteiger partial charge >= 0.3 is 6.03 Å². The van der Waals surface area contributed by atoms with Crippen LogP contribution >= 0.6 is 12.2 Å². The summed E-state index contributed by atoms with van der Waals surface area (Å²) in [5, 5.41) is 1.97. The first-order chi connectivity index (χ1) is 3.68. The van der Waals surface area contributed by atoms with Crippen molar-refractivity contribution in [2.24, 2.45) is 4.99 Å². The van der Waals surface area contributed by atoms with Gasteiger partial charge in [0.15, 0.2) is 0 Å². The number of rotatable bonds is 0. The van der Waals surface area contributed by atoms with Crippen molar-refractivity contribution in [2.45, 2.75) is 0 Å². The number of amides is 2. The highest BCUT2D eigenvalue weighted by atomic mass is 32.1. The molecule has 0 aromatic rings. The molecule has 0 saturated heterocycles. The van der Waals surface area contributed by atoms with Crippen LogP contribution in [0.2, 0.25) is 0 Å². The van der Waals surface area contributed by atoms with Crippen LogP contribution in [0.1, 0.15) is 0 Å². The molecule has 0 rings (SSSR count). The predicted octanol–water partition coefficient (Wildman–Crippen LogP) is 0.771. The number of carbonyl (C=O) groups excluding carboxylic acids is 1. The molecule has 4 heteroatoms. The summed E-state index contributed by atoms with van der Waals surface area (Å²) in [6.07, 6.45) is 0. The molecule has 44 valence electrons. The third-order valence-corrected chi connectivity index (χ3v) is 0.615. The lowest BCUT2D eigenvalue weighted by Crippen LogP contribution is -2.16. The van der Waals surface area contributed by atoms with Gasteiger partial charge in [0.25, 0.3) is 0 Å². The molecule has 0 heterocycles. The van der Waals surface area contributed by atoms with E-state index < -0.39 is 0 Å². The molecule has 0 N–H and O–H groups in total. The number of hydrogen-bond donors (Lipinski definition) is 0. The summed E-state index contributed by atoms with van der Waals surface area (Å²) in [6, 6.07) is -0.375. The first-order valence-corrected chi connectivity index (χ1v) is 2.38. The largest absolute Gasteiger partial charge is 0.351 e. The van der Waals surface area contributed by atoms with Gasteiger partial charge in [0.05, 0.1) is 5.16 Å². The maximum atomic E-state index is 10.4. The molecule has 0 spiro atoms. The number of isothiocyanates is 1. The number of thiocarbonyl (C=S) groups is 1. The van der Waals surface area contributed by atoms with Gasteiger partial charge in [-0.3, -0.25) is 0 Å². The lowest BCUT2D eigenvalue weighted by Gasteiger charge is -2.01. The fraction of sp³-hybridized carbons (Fsp3) is 0.500. The molecule has 0 aromatic carbocycles. The smallest absolute Gasteiger partial charge is 0.328 e. The van der Waals surface area contributed by atoms with Crippen LogP contribution in [-0.4, -0.2) is 30.2 Å². The summed E-state index contributed by atoms with van der Waals surface area (Å²) in [5.41, 5.74) is 0. The average Bonchev–Trinajstić information content (AvgIpc) is 1.67. The molecular weight excluding hydrogens is 124 g/mol. The number of nitrogens with zero attached hydrogens (tertiary/aromatic N) is 2. The van der Waals surface area contributed by atoms with Gasteiger partial charge in [0.2, 0.25) is 0 Å². The van der Waals surface area contributed by atoms with Crippen molar-refractivity contribution in [2.75, 3.05) is 14.1 Å². The van der Waals surface area contributed by atoms with E-state index in [1.54, 1.807) is 14.1 Å². The zero-order valence-corrected chi connectivity index (χ0v) is 5.53. The van der Waals surface area contributed by atoms with Crippen LogP contribution in [-0.2, 0) is 0 Å². The van der Waals surface area contributed by atoms with E-state index in [1.165, 1.54) is 4.90 Å². The summed E-state index contributed by atoms with van der Waals surface area (Å²) in [7, 11) is 3.19. The minimum Gasteiger partial charge on any atom is -0.328 e. The van der Waals surface area contributed by atoms with Crippen molar-refractivity contribution in [1.29, 1.82) is 0 Å². The van der Waals surface area contributed by atoms with Crippen molar-refractivity contribution in [3.63, 3.8) is 0 Å². The highest BCUT2D eigenvalue weighted by Gasteiger charge is 1.95. The molecule has 0 atom stereocenters. The Hall–Kier alpha value is -0.730. The van der Waals surface area contributed by atoms with E-state index in [2.05, 4.69) is 17.2 Å².